The van der Waals surface area contributed by atoms with Crippen LogP contribution in [-0.4, -0.2) is 16.9 Å². The molecule has 0 aliphatic heterocycles. The summed E-state index contributed by atoms with van der Waals surface area (Å²) in [5, 5.41) is 2.74. The highest BCUT2D eigenvalue weighted by atomic mass is 19.4. The average molecular weight is 274 g/mol. The summed E-state index contributed by atoms with van der Waals surface area (Å²) in [7, 11) is 0. The van der Waals surface area contributed by atoms with E-state index in [-0.39, 0.29) is 23.2 Å². The Kier molecular flexibility index (Phi) is 4.91. The van der Waals surface area contributed by atoms with Gasteiger partial charge in [-0.25, -0.2) is 4.98 Å². The first kappa shape index (κ1) is 15.5. The fourth-order valence-corrected chi connectivity index (χ4v) is 1.77. The van der Waals surface area contributed by atoms with Crippen molar-refractivity contribution in [3.8, 4) is 0 Å². The van der Waals surface area contributed by atoms with Gasteiger partial charge in [0.1, 0.15) is 5.69 Å². The van der Waals surface area contributed by atoms with E-state index in [1.54, 1.807) is 0 Å². The van der Waals surface area contributed by atoms with Crippen molar-refractivity contribution in [1.29, 1.82) is 0 Å². The number of amides is 1. The molecule has 1 aromatic heterocycles. The van der Waals surface area contributed by atoms with Crippen molar-refractivity contribution in [3.63, 3.8) is 0 Å². The van der Waals surface area contributed by atoms with E-state index in [0.29, 0.717) is 0 Å². The van der Waals surface area contributed by atoms with Gasteiger partial charge in [0, 0.05) is 6.04 Å². The molecule has 1 rings (SSSR count). The van der Waals surface area contributed by atoms with Gasteiger partial charge in [-0.3, -0.25) is 4.79 Å². The average Bonchev–Trinajstić information content (AvgIpc) is 2.27. The van der Waals surface area contributed by atoms with Crippen molar-refractivity contribution >= 4 is 5.91 Å². The molecule has 0 bridgehead atoms. The number of carbonyl (C=O) groups excluding carboxylic acids is 1. The van der Waals surface area contributed by atoms with E-state index in [2.05, 4.69) is 10.3 Å². The standard InChI is InChI=1S/C13H17F3N2O/c1-4-5-8(2)17-12(19)10-6-7-11(13(14,15)16)18-9(10)3/h6-8H,4-5H2,1-3H3,(H,17,19). The first-order valence-corrected chi connectivity index (χ1v) is 6.11. The molecule has 106 valence electrons. The zero-order chi connectivity index (χ0) is 14.6. The van der Waals surface area contributed by atoms with E-state index in [4.69, 9.17) is 0 Å². The molecule has 6 heteroatoms. The Morgan fingerprint density at radius 2 is 2.05 bits per heavy atom. The third-order valence-electron chi connectivity index (χ3n) is 2.72. The number of hydrogen-bond donors (Lipinski definition) is 1. The molecule has 0 radical (unpaired) electrons. The third kappa shape index (κ3) is 4.22. The van der Waals surface area contributed by atoms with Crippen LogP contribution in [0.5, 0.6) is 0 Å². The first-order valence-electron chi connectivity index (χ1n) is 6.11. The number of alkyl halides is 3. The quantitative estimate of drug-likeness (QED) is 0.915. The molecule has 0 aromatic carbocycles. The minimum absolute atomic E-state index is 0.0146. The van der Waals surface area contributed by atoms with Gasteiger partial charge in [0.05, 0.1) is 11.3 Å². The summed E-state index contributed by atoms with van der Waals surface area (Å²) >= 11 is 0. The van der Waals surface area contributed by atoms with Crippen molar-refractivity contribution in [2.24, 2.45) is 0 Å². The molecule has 0 saturated carbocycles. The maximum absolute atomic E-state index is 12.4. The van der Waals surface area contributed by atoms with Crippen molar-refractivity contribution < 1.29 is 18.0 Å². The van der Waals surface area contributed by atoms with E-state index in [1.165, 1.54) is 13.0 Å². The Morgan fingerprint density at radius 3 is 2.53 bits per heavy atom. The van der Waals surface area contributed by atoms with Crippen LogP contribution in [0.1, 0.15) is 48.4 Å². The molecule has 1 heterocycles. The lowest BCUT2D eigenvalue weighted by Gasteiger charge is -2.14. The highest BCUT2D eigenvalue weighted by Crippen LogP contribution is 2.28. The van der Waals surface area contributed by atoms with E-state index >= 15 is 0 Å². The molecular weight excluding hydrogens is 257 g/mol. The highest BCUT2D eigenvalue weighted by molar-refractivity contribution is 5.95. The second-order valence-corrected chi connectivity index (χ2v) is 4.49. The molecule has 1 N–H and O–H groups in total. The lowest BCUT2D eigenvalue weighted by Crippen LogP contribution is -2.33. The molecule has 1 atom stereocenters. The van der Waals surface area contributed by atoms with Crippen LogP contribution in [0.25, 0.3) is 0 Å². The number of aryl methyl sites for hydroxylation is 1. The van der Waals surface area contributed by atoms with Gasteiger partial charge in [-0.1, -0.05) is 13.3 Å². The second-order valence-electron chi connectivity index (χ2n) is 4.49. The first-order chi connectivity index (χ1) is 8.75. The Morgan fingerprint density at radius 1 is 1.42 bits per heavy atom. The van der Waals surface area contributed by atoms with Gasteiger partial charge < -0.3 is 5.32 Å². The largest absolute Gasteiger partial charge is 0.433 e. The van der Waals surface area contributed by atoms with E-state index in [1.807, 2.05) is 13.8 Å². The zero-order valence-electron chi connectivity index (χ0n) is 11.1. The summed E-state index contributed by atoms with van der Waals surface area (Å²) < 4.78 is 37.3. The van der Waals surface area contributed by atoms with Gasteiger partial charge in [-0.15, -0.1) is 0 Å². The minimum Gasteiger partial charge on any atom is -0.350 e. The van der Waals surface area contributed by atoms with Gasteiger partial charge in [0.25, 0.3) is 5.91 Å². The molecule has 19 heavy (non-hydrogen) atoms. The van der Waals surface area contributed by atoms with Crippen LogP contribution in [0.2, 0.25) is 0 Å². The highest BCUT2D eigenvalue weighted by Gasteiger charge is 2.33. The van der Waals surface area contributed by atoms with E-state index in [0.717, 1.165) is 18.9 Å². The summed E-state index contributed by atoms with van der Waals surface area (Å²) in [6, 6.07) is 1.98. The number of pyridine rings is 1. The Hall–Kier alpha value is -1.59. The molecular formula is C13H17F3N2O. The molecule has 1 aromatic rings. The summed E-state index contributed by atoms with van der Waals surface area (Å²) in [6.45, 7) is 5.25. The zero-order valence-corrected chi connectivity index (χ0v) is 11.1. The fourth-order valence-electron chi connectivity index (χ4n) is 1.77. The van der Waals surface area contributed by atoms with Gasteiger partial charge in [0.15, 0.2) is 0 Å². The van der Waals surface area contributed by atoms with Crippen LogP contribution >= 0.6 is 0 Å². The summed E-state index contributed by atoms with van der Waals surface area (Å²) in [4.78, 5) is 15.3. The number of nitrogens with one attached hydrogen (secondary N) is 1. The molecule has 0 saturated heterocycles. The summed E-state index contributed by atoms with van der Waals surface area (Å²) in [6.07, 6.45) is -2.75. The minimum atomic E-state index is -4.49. The second kappa shape index (κ2) is 6.04. The van der Waals surface area contributed by atoms with E-state index in [9.17, 15) is 18.0 Å². The van der Waals surface area contributed by atoms with Gasteiger partial charge in [-0.2, -0.15) is 13.2 Å². The molecule has 0 fully saturated rings. The van der Waals surface area contributed by atoms with Crippen LogP contribution in [-0.2, 0) is 6.18 Å². The van der Waals surface area contributed by atoms with Crippen LogP contribution in [0.15, 0.2) is 12.1 Å². The van der Waals surface area contributed by atoms with Crippen molar-refractivity contribution in [2.45, 2.75) is 45.8 Å². The maximum atomic E-state index is 12.4. The van der Waals surface area contributed by atoms with Crippen LogP contribution in [0, 0.1) is 6.92 Å². The van der Waals surface area contributed by atoms with Crippen molar-refractivity contribution in [1.82, 2.24) is 10.3 Å². The van der Waals surface area contributed by atoms with Crippen LogP contribution < -0.4 is 5.32 Å². The van der Waals surface area contributed by atoms with Crippen LogP contribution in [0.3, 0.4) is 0 Å². The molecule has 3 nitrogen and oxygen atoms in total. The SMILES string of the molecule is CCCC(C)NC(=O)c1ccc(C(F)(F)F)nc1C. The predicted octanol–water partition coefficient (Wildman–Crippen LogP) is 3.33. The van der Waals surface area contributed by atoms with Gasteiger partial charge in [-0.05, 0) is 32.4 Å². The Labute approximate surface area is 110 Å². The van der Waals surface area contributed by atoms with Crippen molar-refractivity contribution in [3.05, 3.63) is 29.1 Å². The molecule has 0 spiro atoms. The lowest BCUT2D eigenvalue weighted by molar-refractivity contribution is -0.141. The van der Waals surface area contributed by atoms with Crippen molar-refractivity contribution in [2.75, 3.05) is 0 Å². The van der Waals surface area contributed by atoms with Crippen LogP contribution in [0.4, 0.5) is 13.2 Å². The molecule has 1 unspecified atom stereocenters. The number of nitrogens with zero attached hydrogens (tertiary/aromatic N) is 1. The normalized spacial score (nSPS) is 13.2. The fraction of sp³-hybridized carbons (Fsp3) is 0.538. The topological polar surface area (TPSA) is 42.0 Å². The smallest absolute Gasteiger partial charge is 0.350 e. The van der Waals surface area contributed by atoms with Gasteiger partial charge in [0.2, 0.25) is 0 Å². The molecule has 0 aliphatic rings. The van der Waals surface area contributed by atoms with E-state index < -0.39 is 11.9 Å². The molecule has 1 amide bonds. The summed E-state index contributed by atoms with van der Waals surface area (Å²) in [5.41, 5.74) is -0.727. The number of hydrogen-bond acceptors (Lipinski definition) is 2. The molecule has 0 aliphatic carbocycles. The number of halogens is 3. The lowest BCUT2D eigenvalue weighted by atomic mass is 10.1. The number of carbonyl (C=O) groups is 1. The Bertz CT molecular complexity index is 458. The van der Waals surface area contributed by atoms with Gasteiger partial charge >= 0.3 is 6.18 Å². The third-order valence-corrected chi connectivity index (χ3v) is 2.72. The Balaban J connectivity index is 2.88. The summed E-state index contributed by atoms with van der Waals surface area (Å²) in [5.74, 6) is -0.389. The monoisotopic (exact) mass is 274 g/mol. The number of rotatable bonds is 4. The maximum Gasteiger partial charge on any atom is 0.433 e. The predicted molar refractivity (Wildman–Crippen MR) is 65.8 cm³/mol. The number of aromatic nitrogens is 1.